The molecule has 0 saturated carbocycles. The van der Waals surface area contributed by atoms with Gasteiger partial charge >= 0.3 is 0 Å². The van der Waals surface area contributed by atoms with Crippen LogP contribution in [-0.4, -0.2) is 41.5 Å². The fourth-order valence-corrected chi connectivity index (χ4v) is 5.28. The first-order valence-electron chi connectivity index (χ1n) is 11.7. The second-order valence-electron chi connectivity index (χ2n) is 8.37. The van der Waals surface area contributed by atoms with Crippen molar-refractivity contribution in [2.75, 3.05) is 6.54 Å². The minimum Gasteiger partial charge on any atom is -0.285 e. The zero-order valence-corrected chi connectivity index (χ0v) is 19.2. The predicted octanol–water partition coefficient (Wildman–Crippen LogP) is 5.12. The molecule has 1 heterocycles. The number of nitrogens with zero attached hydrogens (tertiary/aromatic N) is 1. The van der Waals surface area contributed by atoms with Gasteiger partial charge in [-0.25, -0.2) is 0 Å². The summed E-state index contributed by atoms with van der Waals surface area (Å²) < 4.78 is 32.2. The van der Waals surface area contributed by atoms with Crippen molar-refractivity contribution < 1.29 is 22.6 Å². The lowest BCUT2D eigenvalue weighted by Crippen LogP contribution is -2.36. The van der Waals surface area contributed by atoms with Crippen molar-refractivity contribution in [2.24, 2.45) is 5.92 Å². The summed E-state index contributed by atoms with van der Waals surface area (Å²) in [6.45, 7) is 4.15. The van der Waals surface area contributed by atoms with E-state index in [-0.39, 0.29) is 13.0 Å². The van der Waals surface area contributed by atoms with E-state index in [0.29, 0.717) is 6.42 Å². The van der Waals surface area contributed by atoms with Gasteiger partial charge in [0.25, 0.3) is 16.0 Å². The van der Waals surface area contributed by atoms with Crippen molar-refractivity contribution in [3.63, 3.8) is 0 Å². The van der Waals surface area contributed by atoms with Crippen molar-refractivity contribution in [3.8, 4) is 0 Å². The lowest BCUT2D eigenvalue weighted by atomic mass is 10.0. The molecule has 2 unspecified atom stereocenters. The van der Waals surface area contributed by atoms with E-state index in [2.05, 4.69) is 6.92 Å². The van der Waals surface area contributed by atoms with Gasteiger partial charge in [-0.1, -0.05) is 97.3 Å². The molecule has 1 N–H and O–H groups in total. The topological polar surface area (TPSA) is 91.8 Å². The molecule has 1 aliphatic rings. The number of carbonyl (C=O) groups excluding carboxylic acids is 2. The Bertz CT molecular complexity index is 590. The molecule has 2 atom stereocenters. The van der Waals surface area contributed by atoms with Crippen LogP contribution < -0.4 is 0 Å². The summed E-state index contributed by atoms with van der Waals surface area (Å²) in [6.07, 6.45) is 17.3. The largest absolute Gasteiger partial charge is 0.285 e. The Morgan fingerprint density at radius 2 is 1.14 bits per heavy atom. The van der Waals surface area contributed by atoms with E-state index < -0.39 is 33.1 Å². The van der Waals surface area contributed by atoms with Crippen LogP contribution in [0.25, 0.3) is 0 Å². The zero-order valence-electron chi connectivity index (χ0n) is 18.4. The Labute approximate surface area is 177 Å². The fraction of sp³-hybridized carbons (Fsp3) is 0.909. The summed E-state index contributed by atoms with van der Waals surface area (Å²) in [5.74, 6) is -2.18. The van der Waals surface area contributed by atoms with E-state index >= 15 is 0 Å². The number of amides is 2. The molecular formula is C22H41NO5S. The summed E-state index contributed by atoms with van der Waals surface area (Å²) in [6, 6.07) is 0. The van der Waals surface area contributed by atoms with Gasteiger partial charge in [0.05, 0.1) is 5.92 Å². The summed E-state index contributed by atoms with van der Waals surface area (Å²) in [7, 11) is -4.55. The van der Waals surface area contributed by atoms with Gasteiger partial charge in [-0.05, 0) is 12.8 Å². The van der Waals surface area contributed by atoms with Crippen molar-refractivity contribution in [1.29, 1.82) is 0 Å². The maximum absolute atomic E-state index is 12.3. The average molecular weight is 432 g/mol. The van der Waals surface area contributed by atoms with Crippen LogP contribution in [0.15, 0.2) is 0 Å². The minimum atomic E-state index is -4.55. The lowest BCUT2D eigenvalue weighted by Gasteiger charge is -2.14. The van der Waals surface area contributed by atoms with Gasteiger partial charge in [0.15, 0.2) is 5.25 Å². The Balaban J connectivity index is 2.09. The van der Waals surface area contributed by atoms with Gasteiger partial charge in [0, 0.05) is 6.54 Å². The van der Waals surface area contributed by atoms with Crippen LogP contribution >= 0.6 is 0 Å². The van der Waals surface area contributed by atoms with Crippen LogP contribution in [0, 0.1) is 5.92 Å². The van der Waals surface area contributed by atoms with Crippen LogP contribution in [0.4, 0.5) is 0 Å². The Morgan fingerprint density at radius 1 is 0.724 bits per heavy atom. The number of imide groups is 1. The highest BCUT2D eigenvalue weighted by Gasteiger charge is 2.52. The summed E-state index contributed by atoms with van der Waals surface area (Å²) in [5.41, 5.74) is 0. The maximum Gasteiger partial charge on any atom is 0.277 e. The van der Waals surface area contributed by atoms with E-state index in [4.69, 9.17) is 0 Å². The van der Waals surface area contributed by atoms with Crippen LogP contribution in [0.1, 0.15) is 110 Å². The quantitative estimate of drug-likeness (QED) is 0.196. The standard InChI is InChI=1S/C22H41NO5S/c1-3-5-6-7-8-9-10-11-12-13-14-15-16-17-18-23-21(24)19(4-2)20(22(23)25)29(26,27)28/h19-20H,3-18H2,1-2H3,(H,26,27,28). The third kappa shape index (κ3) is 9.16. The summed E-state index contributed by atoms with van der Waals surface area (Å²) in [4.78, 5) is 25.6. The van der Waals surface area contributed by atoms with Crippen molar-refractivity contribution in [2.45, 2.75) is 115 Å². The maximum atomic E-state index is 12.3. The third-order valence-electron chi connectivity index (χ3n) is 5.95. The van der Waals surface area contributed by atoms with Crippen LogP contribution in [0.5, 0.6) is 0 Å². The van der Waals surface area contributed by atoms with Crippen molar-refractivity contribution >= 4 is 21.9 Å². The van der Waals surface area contributed by atoms with E-state index in [1.165, 1.54) is 64.2 Å². The van der Waals surface area contributed by atoms with Gasteiger partial charge in [-0.15, -0.1) is 0 Å². The number of likely N-dealkylation sites (tertiary alicyclic amines) is 1. The highest BCUT2D eigenvalue weighted by Crippen LogP contribution is 2.28. The van der Waals surface area contributed by atoms with E-state index in [9.17, 15) is 22.6 Å². The Morgan fingerprint density at radius 3 is 1.48 bits per heavy atom. The van der Waals surface area contributed by atoms with E-state index in [1.54, 1.807) is 6.92 Å². The first-order chi connectivity index (χ1) is 13.8. The molecule has 1 saturated heterocycles. The number of carbonyl (C=O) groups is 2. The number of hydrogen-bond donors (Lipinski definition) is 1. The molecule has 1 aliphatic heterocycles. The normalized spacial score (nSPS) is 20.0. The molecule has 0 aromatic rings. The number of unbranched alkanes of at least 4 members (excludes halogenated alkanes) is 13. The fourth-order valence-electron chi connectivity index (χ4n) is 4.17. The van der Waals surface area contributed by atoms with Gasteiger partial charge in [0.1, 0.15) is 0 Å². The molecule has 0 spiro atoms. The lowest BCUT2D eigenvalue weighted by molar-refractivity contribution is -0.139. The SMILES string of the molecule is CCCCCCCCCCCCCCCCN1C(=O)C(CC)C(S(=O)(=O)O)C1=O. The van der Waals surface area contributed by atoms with Gasteiger partial charge < -0.3 is 0 Å². The molecule has 0 radical (unpaired) electrons. The molecule has 0 aromatic heterocycles. The Kier molecular flexibility index (Phi) is 12.7. The molecule has 2 amide bonds. The first-order valence-corrected chi connectivity index (χ1v) is 13.2. The van der Waals surface area contributed by atoms with E-state index in [1.807, 2.05) is 0 Å². The molecule has 0 aliphatic carbocycles. The Hall–Kier alpha value is -0.950. The van der Waals surface area contributed by atoms with Crippen LogP contribution in [0.2, 0.25) is 0 Å². The first kappa shape index (κ1) is 26.1. The molecule has 1 fully saturated rings. The third-order valence-corrected chi connectivity index (χ3v) is 7.13. The average Bonchev–Trinajstić information content (AvgIpc) is 2.92. The molecule has 170 valence electrons. The number of rotatable bonds is 17. The molecule has 6 nitrogen and oxygen atoms in total. The second kappa shape index (κ2) is 14.1. The predicted molar refractivity (Wildman–Crippen MR) is 116 cm³/mol. The van der Waals surface area contributed by atoms with Crippen LogP contribution in [-0.2, 0) is 19.7 Å². The van der Waals surface area contributed by atoms with Gasteiger partial charge in [-0.3, -0.25) is 19.0 Å². The summed E-state index contributed by atoms with van der Waals surface area (Å²) in [5, 5.41) is -1.62. The zero-order chi connectivity index (χ0) is 21.7. The second-order valence-corrected chi connectivity index (χ2v) is 9.91. The molecule has 0 aromatic carbocycles. The van der Waals surface area contributed by atoms with E-state index in [0.717, 1.165) is 24.2 Å². The summed E-state index contributed by atoms with van der Waals surface area (Å²) >= 11 is 0. The van der Waals surface area contributed by atoms with Crippen LogP contribution in [0.3, 0.4) is 0 Å². The molecular weight excluding hydrogens is 390 g/mol. The number of hydrogen-bond acceptors (Lipinski definition) is 4. The van der Waals surface area contributed by atoms with Gasteiger partial charge in [-0.2, -0.15) is 8.42 Å². The smallest absolute Gasteiger partial charge is 0.277 e. The van der Waals surface area contributed by atoms with Gasteiger partial charge in [0.2, 0.25) is 5.91 Å². The molecule has 29 heavy (non-hydrogen) atoms. The molecule has 1 rings (SSSR count). The van der Waals surface area contributed by atoms with Crippen molar-refractivity contribution in [3.05, 3.63) is 0 Å². The minimum absolute atomic E-state index is 0.226. The highest BCUT2D eigenvalue weighted by molar-refractivity contribution is 7.87. The highest BCUT2D eigenvalue weighted by atomic mass is 32.2. The molecule has 0 bridgehead atoms. The van der Waals surface area contributed by atoms with Crippen molar-refractivity contribution in [1.82, 2.24) is 4.90 Å². The monoisotopic (exact) mass is 431 g/mol. The molecule has 7 heteroatoms.